The number of halogens is 1. The van der Waals surface area contributed by atoms with Gasteiger partial charge >= 0.3 is 5.69 Å². The van der Waals surface area contributed by atoms with Crippen LogP contribution in [0.1, 0.15) is 34.9 Å². The number of para-hydroxylation sites is 1. The van der Waals surface area contributed by atoms with Crippen molar-refractivity contribution in [2.24, 2.45) is 0 Å². The molecule has 0 saturated carbocycles. The van der Waals surface area contributed by atoms with Crippen LogP contribution in [0, 0.1) is 0 Å². The molecule has 1 aromatic carbocycles. The molecular formula is C19H18ClN5O3. The Morgan fingerprint density at radius 2 is 2.00 bits per heavy atom. The van der Waals surface area contributed by atoms with Crippen LogP contribution in [0.25, 0.3) is 5.69 Å². The van der Waals surface area contributed by atoms with Gasteiger partial charge in [0, 0.05) is 25.2 Å². The van der Waals surface area contributed by atoms with Crippen LogP contribution in [-0.2, 0) is 0 Å². The van der Waals surface area contributed by atoms with Crippen LogP contribution >= 0.6 is 11.6 Å². The molecular weight excluding hydrogens is 382 g/mol. The average molecular weight is 400 g/mol. The Morgan fingerprint density at radius 3 is 2.79 bits per heavy atom. The van der Waals surface area contributed by atoms with Crippen molar-refractivity contribution in [2.75, 3.05) is 13.1 Å². The largest absolute Gasteiger partial charge is 0.347 e. The number of amides is 1. The fourth-order valence-electron chi connectivity index (χ4n) is 3.57. The topological polar surface area (TPSA) is 104 Å². The number of nitrogens with zero attached hydrogens (tertiary/aromatic N) is 3. The highest BCUT2D eigenvalue weighted by molar-refractivity contribution is 6.30. The summed E-state index contributed by atoms with van der Waals surface area (Å²) in [5, 5.41) is 7.01. The third-order valence-electron chi connectivity index (χ3n) is 4.88. The van der Waals surface area contributed by atoms with E-state index in [-0.39, 0.29) is 23.1 Å². The maximum Gasteiger partial charge on any atom is 0.347 e. The Bertz CT molecular complexity index is 1120. The fraction of sp³-hybridized carbons (Fsp3) is 0.263. The Labute approximate surface area is 164 Å². The Hall–Kier alpha value is -3.13. The highest BCUT2D eigenvalue weighted by Gasteiger charge is 2.30. The lowest BCUT2D eigenvalue weighted by Crippen LogP contribution is -2.41. The standard InChI is InChI=1S/C19H18ClN5O3/c20-13-9-15(17(26)21-10-13)18(27)24-8-4-5-12(11-24)16-22-23-19(28)25(16)14-6-2-1-3-7-14/h1-3,6-7,9-10,12H,4-5,8,11H2,(H,21,26)(H,23,28)/t12-/m0/s1. The second-order valence-corrected chi connectivity index (χ2v) is 7.15. The van der Waals surface area contributed by atoms with E-state index in [4.69, 9.17) is 11.6 Å². The Morgan fingerprint density at radius 1 is 1.21 bits per heavy atom. The van der Waals surface area contributed by atoms with Gasteiger partial charge in [0.25, 0.3) is 11.5 Å². The van der Waals surface area contributed by atoms with Crippen LogP contribution in [0.4, 0.5) is 0 Å². The molecule has 1 fully saturated rings. The second-order valence-electron chi connectivity index (χ2n) is 6.71. The molecule has 2 N–H and O–H groups in total. The van der Waals surface area contributed by atoms with Crippen molar-refractivity contribution >= 4 is 17.5 Å². The van der Waals surface area contributed by atoms with E-state index < -0.39 is 5.56 Å². The van der Waals surface area contributed by atoms with Gasteiger partial charge in [-0.2, -0.15) is 5.10 Å². The number of rotatable bonds is 3. The monoisotopic (exact) mass is 399 g/mol. The van der Waals surface area contributed by atoms with Gasteiger partial charge in [0.2, 0.25) is 0 Å². The minimum atomic E-state index is -0.475. The number of nitrogens with one attached hydrogen (secondary N) is 2. The van der Waals surface area contributed by atoms with Crippen molar-refractivity contribution in [1.29, 1.82) is 0 Å². The van der Waals surface area contributed by atoms with Crippen molar-refractivity contribution in [3.05, 3.63) is 79.8 Å². The second kappa shape index (κ2) is 7.47. The van der Waals surface area contributed by atoms with Crippen LogP contribution in [0.3, 0.4) is 0 Å². The van der Waals surface area contributed by atoms with Crippen molar-refractivity contribution in [3.8, 4) is 5.69 Å². The Balaban J connectivity index is 1.64. The molecule has 9 heteroatoms. The number of pyridine rings is 1. The number of piperidine rings is 1. The Kier molecular flexibility index (Phi) is 4.87. The summed E-state index contributed by atoms with van der Waals surface area (Å²) in [6.07, 6.45) is 2.87. The number of hydrogen-bond donors (Lipinski definition) is 2. The highest BCUT2D eigenvalue weighted by Crippen LogP contribution is 2.27. The van der Waals surface area contributed by atoms with Crippen molar-refractivity contribution in [1.82, 2.24) is 24.6 Å². The molecule has 1 amide bonds. The first kappa shape index (κ1) is 18.2. The number of carbonyl (C=O) groups is 1. The number of likely N-dealkylation sites (tertiary alicyclic amines) is 1. The molecule has 3 heterocycles. The number of carbonyl (C=O) groups excluding carboxylic acids is 1. The van der Waals surface area contributed by atoms with Gasteiger partial charge in [0.1, 0.15) is 11.4 Å². The fourth-order valence-corrected chi connectivity index (χ4v) is 3.73. The van der Waals surface area contributed by atoms with Gasteiger partial charge in [-0.3, -0.25) is 9.59 Å². The van der Waals surface area contributed by atoms with Crippen LogP contribution in [0.2, 0.25) is 5.02 Å². The quantitative estimate of drug-likeness (QED) is 0.702. The third-order valence-corrected chi connectivity index (χ3v) is 5.10. The van der Waals surface area contributed by atoms with E-state index in [1.807, 2.05) is 30.3 Å². The molecule has 0 bridgehead atoms. The lowest BCUT2D eigenvalue weighted by molar-refractivity contribution is 0.0702. The molecule has 0 radical (unpaired) electrons. The summed E-state index contributed by atoms with van der Waals surface area (Å²) in [5.41, 5.74) is -0.0740. The summed E-state index contributed by atoms with van der Waals surface area (Å²) in [6.45, 7) is 0.892. The minimum Gasteiger partial charge on any atom is -0.338 e. The molecule has 3 aromatic rings. The molecule has 1 saturated heterocycles. The summed E-state index contributed by atoms with van der Waals surface area (Å²) in [7, 11) is 0. The predicted octanol–water partition coefficient (Wildman–Crippen LogP) is 1.92. The molecule has 1 aliphatic rings. The average Bonchev–Trinajstić information content (AvgIpc) is 3.11. The minimum absolute atomic E-state index is 0.00984. The highest BCUT2D eigenvalue weighted by atomic mass is 35.5. The SMILES string of the molecule is O=C(c1cc(Cl)c[nH]c1=O)N1CCC[C@H](c2n[nH]c(=O)n2-c2ccccc2)C1. The number of benzene rings is 1. The van der Waals surface area contributed by atoms with Gasteiger partial charge in [-0.05, 0) is 31.0 Å². The molecule has 28 heavy (non-hydrogen) atoms. The van der Waals surface area contributed by atoms with E-state index in [9.17, 15) is 14.4 Å². The van der Waals surface area contributed by atoms with E-state index in [2.05, 4.69) is 15.2 Å². The first-order chi connectivity index (χ1) is 13.5. The van der Waals surface area contributed by atoms with E-state index in [1.165, 1.54) is 16.8 Å². The molecule has 2 aromatic heterocycles. The number of H-pyrrole nitrogens is 2. The van der Waals surface area contributed by atoms with Gasteiger partial charge in [0.15, 0.2) is 0 Å². The van der Waals surface area contributed by atoms with Gasteiger partial charge in [-0.15, -0.1) is 0 Å². The molecule has 0 unspecified atom stereocenters. The van der Waals surface area contributed by atoms with Crippen molar-refractivity contribution in [2.45, 2.75) is 18.8 Å². The third kappa shape index (κ3) is 3.38. The van der Waals surface area contributed by atoms with Gasteiger partial charge < -0.3 is 9.88 Å². The van der Waals surface area contributed by atoms with Gasteiger partial charge in [-0.25, -0.2) is 14.5 Å². The van der Waals surface area contributed by atoms with E-state index >= 15 is 0 Å². The molecule has 0 spiro atoms. The lowest BCUT2D eigenvalue weighted by atomic mass is 9.96. The van der Waals surface area contributed by atoms with Crippen LogP contribution in [0.15, 0.2) is 52.2 Å². The summed E-state index contributed by atoms with van der Waals surface area (Å²) >= 11 is 5.92. The maximum atomic E-state index is 12.9. The summed E-state index contributed by atoms with van der Waals surface area (Å²) in [6, 6.07) is 10.6. The van der Waals surface area contributed by atoms with E-state index in [1.54, 1.807) is 4.90 Å². The zero-order valence-corrected chi connectivity index (χ0v) is 15.6. The van der Waals surface area contributed by atoms with E-state index in [0.717, 1.165) is 12.8 Å². The zero-order chi connectivity index (χ0) is 19.7. The smallest absolute Gasteiger partial charge is 0.338 e. The summed E-state index contributed by atoms with van der Waals surface area (Å²) in [5.74, 6) is 0.0708. The molecule has 0 aliphatic carbocycles. The summed E-state index contributed by atoms with van der Waals surface area (Å²) < 4.78 is 1.53. The van der Waals surface area contributed by atoms with Crippen molar-refractivity contribution in [3.63, 3.8) is 0 Å². The first-order valence-electron chi connectivity index (χ1n) is 8.95. The summed E-state index contributed by atoms with van der Waals surface area (Å²) in [4.78, 5) is 41.3. The van der Waals surface area contributed by atoms with E-state index in [0.29, 0.717) is 29.6 Å². The van der Waals surface area contributed by atoms with Crippen LogP contribution < -0.4 is 11.2 Å². The molecule has 1 atom stereocenters. The van der Waals surface area contributed by atoms with Crippen LogP contribution in [-0.4, -0.2) is 43.6 Å². The van der Waals surface area contributed by atoms with Crippen molar-refractivity contribution < 1.29 is 4.79 Å². The molecule has 1 aliphatic heterocycles. The van der Waals surface area contributed by atoms with Gasteiger partial charge in [-0.1, -0.05) is 29.8 Å². The van der Waals surface area contributed by atoms with Crippen LogP contribution in [0.5, 0.6) is 0 Å². The predicted molar refractivity (Wildman–Crippen MR) is 104 cm³/mol. The molecule has 4 rings (SSSR count). The number of aromatic amines is 2. The number of hydrogen-bond acceptors (Lipinski definition) is 4. The van der Waals surface area contributed by atoms with Gasteiger partial charge in [0.05, 0.1) is 10.7 Å². The maximum absolute atomic E-state index is 12.9. The normalized spacial score (nSPS) is 16.9. The molecule has 8 nitrogen and oxygen atoms in total. The zero-order valence-electron chi connectivity index (χ0n) is 14.9. The molecule has 144 valence electrons. The number of aromatic nitrogens is 4. The first-order valence-corrected chi connectivity index (χ1v) is 9.32. The lowest BCUT2D eigenvalue weighted by Gasteiger charge is -2.32.